The predicted octanol–water partition coefficient (Wildman–Crippen LogP) is 4.90. The molecule has 0 fully saturated rings. The van der Waals surface area contributed by atoms with E-state index >= 15 is 0 Å². The van der Waals surface area contributed by atoms with E-state index in [0.717, 1.165) is 6.20 Å². The summed E-state index contributed by atoms with van der Waals surface area (Å²) in [4.78, 5) is 21.0. The van der Waals surface area contributed by atoms with E-state index in [-0.39, 0.29) is 16.9 Å². The van der Waals surface area contributed by atoms with Crippen LogP contribution >= 0.6 is 0 Å². The van der Waals surface area contributed by atoms with Crippen LogP contribution in [0.3, 0.4) is 0 Å². The quantitative estimate of drug-likeness (QED) is 0.499. The molecule has 8 nitrogen and oxygen atoms in total. The third-order valence-electron chi connectivity index (χ3n) is 5.40. The van der Waals surface area contributed by atoms with Crippen molar-refractivity contribution < 1.29 is 27.4 Å². The number of likely N-dealkylation sites (N-methyl/N-ethyl adjacent to an activating group) is 1. The van der Waals surface area contributed by atoms with Crippen LogP contribution in [0.25, 0.3) is 11.0 Å². The number of nitrogens with one attached hydrogen (secondary N) is 3. The molecule has 33 heavy (non-hydrogen) atoms. The molecule has 0 radical (unpaired) electrons. The number of fused-ring (bicyclic) bond motifs is 2. The second kappa shape index (κ2) is 7.75. The van der Waals surface area contributed by atoms with E-state index in [4.69, 9.17) is 9.47 Å². The second-order valence-corrected chi connectivity index (χ2v) is 8.13. The standard InChI is InChI=1S/C22H24F3N5O3/c1-6-26-13-8-17(29-19-18(13)11(10-27-19)22(23,24)25)28-12-7-16-14(9-15(12)32-5)30(4)20(31)21(2,3)33-16/h7-10H,6H2,1-5H3,(H3,26,27,28,29). The van der Waals surface area contributed by atoms with Crippen molar-refractivity contribution in [3.05, 3.63) is 30.0 Å². The Hall–Kier alpha value is -3.63. The Morgan fingerprint density at radius 1 is 1.24 bits per heavy atom. The number of aromatic nitrogens is 2. The van der Waals surface area contributed by atoms with E-state index in [1.54, 1.807) is 40.0 Å². The number of halogens is 3. The SMILES string of the molecule is CCNc1cc(Nc2cc3c(cc2OC)N(C)C(=O)C(C)(C)O3)nc2[nH]cc(C(F)(F)F)c12. The topological polar surface area (TPSA) is 91.5 Å². The minimum atomic E-state index is -4.52. The number of hydrogen-bond acceptors (Lipinski definition) is 6. The molecule has 11 heteroatoms. The summed E-state index contributed by atoms with van der Waals surface area (Å²) in [5.41, 5.74) is -0.450. The molecule has 1 aliphatic rings. The van der Waals surface area contributed by atoms with Gasteiger partial charge in [0.2, 0.25) is 0 Å². The van der Waals surface area contributed by atoms with Crippen molar-refractivity contribution in [2.45, 2.75) is 32.5 Å². The number of benzene rings is 1. The smallest absolute Gasteiger partial charge is 0.418 e. The summed E-state index contributed by atoms with van der Waals surface area (Å²) in [5.74, 6) is 0.961. The van der Waals surface area contributed by atoms with Crippen LogP contribution in [0.2, 0.25) is 0 Å². The molecular formula is C22H24F3N5O3. The number of carbonyl (C=O) groups excluding carboxylic acids is 1. The van der Waals surface area contributed by atoms with E-state index in [9.17, 15) is 18.0 Å². The number of methoxy groups -OCH3 is 1. The number of amides is 1. The molecule has 0 saturated carbocycles. The molecule has 0 atom stereocenters. The van der Waals surface area contributed by atoms with E-state index in [1.165, 1.54) is 18.1 Å². The van der Waals surface area contributed by atoms with Crippen LogP contribution < -0.4 is 25.0 Å². The summed E-state index contributed by atoms with van der Waals surface area (Å²) >= 11 is 0. The number of anilines is 4. The van der Waals surface area contributed by atoms with Crippen LogP contribution in [0.1, 0.15) is 26.3 Å². The molecule has 0 spiro atoms. The van der Waals surface area contributed by atoms with Crippen LogP contribution in [0.4, 0.5) is 36.1 Å². The summed E-state index contributed by atoms with van der Waals surface area (Å²) in [5, 5.41) is 6.05. The van der Waals surface area contributed by atoms with Gasteiger partial charge >= 0.3 is 6.18 Å². The zero-order chi connectivity index (χ0) is 24.1. The highest BCUT2D eigenvalue weighted by Crippen LogP contribution is 2.44. The third-order valence-corrected chi connectivity index (χ3v) is 5.40. The lowest BCUT2D eigenvalue weighted by atomic mass is 10.0. The van der Waals surface area contributed by atoms with E-state index in [0.29, 0.717) is 40.9 Å². The van der Waals surface area contributed by atoms with Gasteiger partial charge in [-0.3, -0.25) is 4.79 Å². The summed E-state index contributed by atoms with van der Waals surface area (Å²) in [6, 6.07) is 4.84. The molecule has 3 N–H and O–H groups in total. The number of pyridine rings is 1. The molecule has 3 aromatic rings. The monoisotopic (exact) mass is 463 g/mol. The van der Waals surface area contributed by atoms with Crippen LogP contribution in [-0.2, 0) is 11.0 Å². The lowest BCUT2D eigenvalue weighted by molar-refractivity contribution is -0.136. The summed E-state index contributed by atoms with van der Waals surface area (Å²) in [6.45, 7) is 5.57. The van der Waals surface area contributed by atoms with Gasteiger partial charge in [-0.05, 0) is 20.8 Å². The second-order valence-electron chi connectivity index (χ2n) is 8.13. The molecular weight excluding hydrogens is 439 g/mol. The van der Waals surface area contributed by atoms with Crippen molar-refractivity contribution in [2.24, 2.45) is 0 Å². The maximum atomic E-state index is 13.5. The summed E-state index contributed by atoms with van der Waals surface area (Å²) < 4.78 is 51.7. The van der Waals surface area contributed by atoms with Crippen LogP contribution in [-0.4, -0.2) is 42.2 Å². The molecule has 0 aliphatic carbocycles. The zero-order valence-electron chi connectivity index (χ0n) is 18.8. The molecule has 2 aromatic heterocycles. The number of ether oxygens (including phenoxy) is 2. The van der Waals surface area contributed by atoms with E-state index in [2.05, 4.69) is 20.6 Å². The number of rotatable bonds is 5. The Kier molecular flexibility index (Phi) is 5.30. The average Bonchev–Trinajstić information content (AvgIpc) is 3.17. The van der Waals surface area contributed by atoms with Gasteiger partial charge in [-0.25, -0.2) is 4.98 Å². The van der Waals surface area contributed by atoms with Crippen molar-refractivity contribution in [1.82, 2.24) is 9.97 Å². The largest absolute Gasteiger partial charge is 0.494 e. The lowest BCUT2D eigenvalue weighted by Crippen LogP contribution is -2.50. The molecule has 176 valence electrons. The fourth-order valence-corrected chi connectivity index (χ4v) is 3.88. The van der Waals surface area contributed by atoms with Crippen molar-refractivity contribution >= 4 is 39.8 Å². The van der Waals surface area contributed by atoms with Gasteiger partial charge in [0.25, 0.3) is 5.91 Å². The molecule has 1 amide bonds. The van der Waals surface area contributed by atoms with Gasteiger partial charge in [-0.2, -0.15) is 13.2 Å². The number of hydrogen-bond donors (Lipinski definition) is 3. The van der Waals surface area contributed by atoms with Gasteiger partial charge in [-0.1, -0.05) is 0 Å². The highest BCUT2D eigenvalue weighted by atomic mass is 19.4. The highest BCUT2D eigenvalue weighted by Gasteiger charge is 2.40. The minimum absolute atomic E-state index is 0.0301. The number of nitrogens with zero attached hydrogens (tertiary/aromatic N) is 2. The Balaban J connectivity index is 1.79. The predicted molar refractivity (Wildman–Crippen MR) is 120 cm³/mol. The van der Waals surface area contributed by atoms with Crippen molar-refractivity contribution in [3.8, 4) is 11.5 Å². The first kappa shape index (κ1) is 22.6. The average molecular weight is 463 g/mol. The van der Waals surface area contributed by atoms with Gasteiger partial charge in [0.05, 0.1) is 29.4 Å². The first-order valence-electron chi connectivity index (χ1n) is 10.3. The van der Waals surface area contributed by atoms with Crippen molar-refractivity contribution in [1.29, 1.82) is 0 Å². The Bertz CT molecular complexity index is 1240. The van der Waals surface area contributed by atoms with Gasteiger partial charge in [0.1, 0.15) is 23.0 Å². The number of carbonyl (C=O) groups is 1. The fraction of sp³-hybridized carbons (Fsp3) is 0.364. The van der Waals surface area contributed by atoms with Crippen LogP contribution in [0, 0.1) is 0 Å². The number of aromatic amines is 1. The summed E-state index contributed by atoms with van der Waals surface area (Å²) in [6.07, 6.45) is -3.61. The molecule has 1 aliphatic heterocycles. The van der Waals surface area contributed by atoms with Crippen molar-refractivity contribution in [3.63, 3.8) is 0 Å². The van der Waals surface area contributed by atoms with Gasteiger partial charge in [-0.15, -0.1) is 0 Å². The first-order valence-corrected chi connectivity index (χ1v) is 10.3. The van der Waals surface area contributed by atoms with E-state index in [1.807, 2.05) is 0 Å². The van der Waals surface area contributed by atoms with Crippen molar-refractivity contribution in [2.75, 3.05) is 36.2 Å². The zero-order valence-corrected chi connectivity index (χ0v) is 18.8. The molecule has 4 rings (SSSR count). The molecule has 0 saturated heterocycles. The Labute approximate surface area is 188 Å². The van der Waals surface area contributed by atoms with E-state index < -0.39 is 17.3 Å². The van der Waals surface area contributed by atoms with Gasteiger partial charge in [0, 0.05) is 43.7 Å². The minimum Gasteiger partial charge on any atom is -0.494 e. The first-order chi connectivity index (χ1) is 15.5. The van der Waals surface area contributed by atoms with Crippen LogP contribution in [0.5, 0.6) is 11.5 Å². The highest BCUT2D eigenvalue weighted by molar-refractivity contribution is 6.03. The maximum Gasteiger partial charge on any atom is 0.418 e. The Morgan fingerprint density at radius 2 is 1.97 bits per heavy atom. The summed E-state index contributed by atoms with van der Waals surface area (Å²) in [7, 11) is 3.13. The number of H-pyrrole nitrogens is 1. The lowest BCUT2D eigenvalue weighted by Gasteiger charge is -2.37. The molecule has 1 aromatic carbocycles. The fourth-order valence-electron chi connectivity index (χ4n) is 3.88. The Morgan fingerprint density at radius 3 is 2.61 bits per heavy atom. The van der Waals surface area contributed by atoms with Crippen LogP contribution in [0.15, 0.2) is 24.4 Å². The number of alkyl halides is 3. The van der Waals surface area contributed by atoms with Gasteiger partial charge < -0.3 is 30.0 Å². The molecule has 0 bridgehead atoms. The van der Waals surface area contributed by atoms with Gasteiger partial charge in [0.15, 0.2) is 5.60 Å². The maximum absolute atomic E-state index is 13.5. The molecule has 0 unspecified atom stereocenters. The third kappa shape index (κ3) is 3.87. The normalized spacial score (nSPS) is 15.3. The molecule has 3 heterocycles.